The fraction of sp³-hybridized carbons (Fsp3) is 1.00. The van der Waals surface area contributed by atoms with E-state index in [9.17, 15) is 0 Å². The number of hydrogen-bond acceptors (Lipinski definition) is 3. The van der Waals surface area contributed by atoms with E-state index in [4.69, 9.17) is 0 Å². The maximum Gasteiger partial charge on any atom is 0.0110 e. The molecule has 0 N–H and O–H groups in total. The molecule has 0 aromatic heterocycles. The number of likely N-dealkylation sites (tertiary alicyclic amines) is 1. The Kier molecular flexibility index (Phi) is 4.83. The van der Waals surface area contributed by atoms with E-state index in [1.807, 2.05) is 0 Å². The van der Waals surface area contributed by atoms with Crippen LogP contribution in [-0.2, 0) is 0 Å². The van der Waals surface area contributed by atoms with Gasteiger partial charge in [0.2, 0.25) is 0 Å². The zero-order valence-electron chi connectivity index (χ0n) is 11.9. The van der Waals surface area contributed by atoms with Gasteiger partial charge in [-0.25, -0.2) is 0 Å². The van der Waals surface area contributed by atoms with E-state index in [1.54, 1.807) is 0 Å². The molecule has 0 aromatic rings. The lowest BCUT2D eigenvalue weighted by atomic mass is 9.90. The number of piperazine rings is 1. The summed E-state index contributed by atoms with van der Waals surface area (Å²) >= 11 is 0. The van der Waals surface area contributed by atoms with Crippen LogP contribution in [0.1, 0.15) is 20.3 Å². The van der Waals surface area contributed by atoms with Gasteiger partial charge in [0.15, 0.2) is 0 Å². The normalized spacial score (nSPS) is 34.1. The zero-order chi connectivity index (χ0) is 12.3. The van der Waals surface area contributed by atoms with Gasteiger partial charge in [-0.1, -0.05) is 13.8 Å². The number of likely N-dealkylation sites (N-methyl/N-ethyl adjacent to an activating group) is 1. The molecule has 3 heteroatoms. The summed E-state index contributed by atoms with van der Waals surface area (Å²) < 4.78 is 0. The number of hydrogen-bond donors (Lipinski definition) is 0. The van der Waals surface area contributed by atoms with Gasteiger partial charge in [-0.3, -0.25) is 0 Å². The second kappa shape index (κ2) is 6.17. The Balaban J connectivity index is 1.77. The molecule has 100 valence electrons. The predicted molar refractivity (Wildman–Crippen MR) is 73.3 cm³/mol. The molecule has 0 radical (unpaired) electrons. The van der Waals surface area contributed by atoms with E-state index < -0.39 is 0 Å². The van der Waals surface area contributed by atoms with Crippen LogP contribution in [0.25, 0.3) is 0 Å². The van der Waals surface area contributed by atoms with Crippen molar-refractivity contribution in [3.63, 3.8) is 0 Å². The first-order valence-electron chi connectivity index (χ1n) is 7.30. The number of rotatable bonds is 3. The summed E-state index contributed by atoms with van der Waals surface area (Å²) in [5, 5.41) is 0. The molecule has 17 heavy (non-hydrogen) atoms. The largest absolute Gasteiger partial charge is 0.304 e. The lowest BCUT2D eigenvalue weighted by Gasteiger charge is -2.40. The van der Waals surface area contributed by atoms with Crippen LogP contribution >= 0.6 is 0 Å². The average molecular weight is 239 g/mol. The van der Waals surface area contributed by atoms with E-state index in [1.165, 1.54) is 58.8 Å². The molecule has 0 aromatic carbocycles. The minimum Gasteiger partial charge on any atom is -0.304 e. The van der Waals surface area contributed by atoms with Crippen molar-refractivity contribution in [2.24, 2.45) is 11.8 Å². The summed E-state index contributed by atoms with van der Waals surface area (Å²) in [6.07, 6.45) is 1.43. The highest BCUT2D eigenvalue weighted by atomic mass is 15.2. The monoisotopic (exact) mass is 239 g/mol. The first kappa shape index (κ1) is 13.3. The van der Waals surface area contributed by atoms with Crippen LogP contribution in [-0.4, -0.2) is 74.1 Å². The van der Waals surface area contributed by atoms with E-state index >= 15 is 0 Å². The summed E-state index contributed by atoms with van der Waals surface area (Å²) in [6, 6.07) is 0. The van der Waals surface area contributed by atoms with Crippen LogP contribution in [0.2, 0.25) is 0 Å². The van der Waals surface area contributed by atoms with Crippen LogP contribution in [0, 0.1) is 11.8 Å². The van der Waals surface area contributed by atoms with Gasteiger partial charge in [0.1, 0.15) is 0 Å². The highest BCUT2D eigenvalue weighted by molar-refractivity contribution is 4.80. The quantitative estimate of drug-likeness (QED) is 0.733. The van der Waals surface area contributed by atoms with Gasteiger partial charge in [0, 0.05) is 45.8 Å². The minimum atomic E-state index is 0.890. The van der Waals surface area contributed by atoms with E-state index in [0.717, 1.165) is 11.8 Å². The van der Waals surface area contributed by atoms with Crippen molar-refractivity contribution >= 4 is 0 Å². The summed E-state index contributed by atoms with van der Waals surface area (Å²) in [6.45, 7) is 14.9. The molecule has 2 fully saturated rings. The van der Waals surface area contributed by atoms with Crippen LogP contribution < -0.4 is 0 Å². The fourth-order valence-corrected chi connectivity index (χ4v) is 3.38. The molecule has 0 bridgehead atoms. The fourth-order valence-electron chi connectivity index (χ4n) is 3.38. The van der Waals surface area contributed by atoms with E-state index in [2.05, 4.69) is 35.6 Å². The van der Waals surface area contributed by atoms with E-state index in [-0.39, 0.29) is 0 Å². The van der Waals surface area contributed by atoms with Gasteiger partial charge in [-0.05, 0) is 31.8 Å². The Morgan fingerprint density at radius 3 is 2.35 bits per heavy atom. The molecule has 3 nitrogen and oxygen atoms in total. The Bertz CT molecular complexity index is 224. The Morgan fingerprint density at radius 2 is 1.71 bits per heavy atom. The first-order valence-corrected chi connectivity index (χ1v) is 7.30. The van der Waals surface area contributed by atoms with Gasteiger partial charge in [-0.15, -0.1) is 0 Å². The van der Waals surface area contributed by atoms with Gasteiger partial charge in [0.25, 0.3) is 0 Å². The van der Waals surface area contributed by atoms with E-state index in [0.29, 0.717) is 0 Å². The van der Waals surface area contributed by atoms with Gasteiger partial charge < -0.3 is 14.7 Å². The SMILES string of the molecule is CCN1C[C@H](C)C[C@@H](CN2CCN(C)CC2)C1. The number of nitrogens with zero attached hydrogens (tertiary/aromatic N) is 3. The topological polar surface area (TPSA) is 9.72 Å². The molecule has 2 heterocycles. The third kappa shape index (κ3) is 3.94. The van der Waals surface area contributed by atoms with Crippen LogP contribution in [0.3, 0.4) is 0 Å². The Labute approximate surface area is 107 Å². The first-order chi connectivity index (χ1) is 8.17. The second-order valence-electron chi connectivity index (χ2n) is 6.16. The predicted octanol–water partition coefficient (Wildman–Crippen LogP) is 1.21. The zero-order valence-corrected chi connectivity index (χ0v) is 11.9. The van der Waals surface area contributed by atoms with Crippen molar-refractivity contribution in [1.29, 1.82) is 0 Å². The lowest BCUT2D eigenvalue weighted by molar-refractivity contribution is 0.0829. The molecule has 0 amide bonds. The lowest BCUT2D eigenvalue weighted by Crippen LogP contribution is -2.49. The minimum absolute atomic E-state index is 0.890. The second-order valence-corrected chi connectivity index (χ2v) is 6.16. The molecule has 2 atom stereocenters. The van der Waals surface area contributed by atoms with Crippen LogP contribution in [0.5, 0.6) is 0 Å². The molecule has 2 rings (SSSR count). The average Bonchev–Trinajstić information content (AvgIpc) is 2.31. The van der Waals surface area contributed by atoms with Crippen molar-refractivity contribution in [3.8, 4) is 0 Å². The molecule has 2 aliphatic rings. The maximum atomic E-state index is 2.68. The molecule has 0 saturated carbocycles. The summed E-state index contributed by atoms with van der Waals surface area (Å²) in [7, 11) is 2.23. The third-order valence-electron chi connectivity index (χ3n) is 4.38. The highest BCUT2D eigenvalue weighted by Crippen LogP contribution is 2.22. The van der Waals surface area contributed by atoms with Crippen molar-refractivity contribution < 1.29 is 0 Å². The molecule has 0 unspecified atom stereocenters. The maximum absolute atomic E-state index is 2.68. The van der Waals surface area contributed by atoms with Gasteiger partial charge >= 0.3 is 0 Å². The van der Waals surface area contributed by atoms with Gasteiger partial charge in [0.05, 0.1) is 0 Å². The summed E-state index contributed by atoms with van der Waals surface area (Å²) in [4.78, 5) is 7.75. The Morgan fingerprint density at radius 1 is 1.00 bits per heavy atom. The summed E-state index contributed by atoms with van der Waals surface area (Å²) in [5.41, 5.74) is 0. The van der Waals surface area contributed by atoms with Crippen LogP contribution in [0.15, 0.2) is 0 Å². The molecular weight excluding hydrogens is 210 g/mol. The van der Waals surface area contributed by atoms with Crippen molar-refractivity contribution in [2.75, 3.05) is 59.4 Å². The standard InChI is InChI=1S/C14H29N3/c1-4-16-10-13(2)9-14(11-16)12-17-7-5-15(3)6-8-17/h13-14H,4-12H2,1-3H3/t13-,14-/m1/s1. The summed E-state index contributed by atoms with van der Waals surface area (Å²) in [5.74, 6) is 1.79. The number of piperidine rings is 1. The van der Waals surface area contributed by atoms with Crippen molar-refractivity contribution in [1.82, 2.24) is 14.7 Å². The van der Waals surface area contributed by atoms with Crippen LogP contribution in [0.4, 0.5) is 0 Å². The smallest absolute Gasteiger partial charge is 0.0110 e. The molecular formula is C14H29N3. The van der Waals surface area contributed by atoms with Crippen molar-refractivity contribution in [2.45, 2.75) is 20.3 Å². The Hall–Kier alpha value is -0.120. The molecule has 2 saturated heterocycles. The highest BCUT2D eigenvalue weighted by Gasteiger charge is 2.26. The molecule has 0 aliphatic carbocycles. The molecule has 2 aliphatic heterocycles. The third-order valence-corrected chi connectivity index (χ3v) is 4.38. The molecule has 0 spiro atoms. The van der Waals surface area contributed by atoms with Gasteiger partial charge in [-0.2, -0.15) is 0 Å². The van der Waals surface area contributed by atoms with Crippen molar-refractivity contribution in [3.05, 3.63) is 0 Å².